The second kappa shape index (κ2) is 12.1. The van der Waals surface area contributed by atoms with Crippen molar-refractivity contribution >= 4 is 11.6 Å². The van der Waals surface area contributed by atoms with Gasteiger partial charge in [-0.25, -0.2) is 0 Å². The van der Waals surface area contributed by atoms with Gasteiger partial charge in [-0.1, -0.05) is 18.2 Å². The zero-order chi connectivity index (χ0) is 13.7. The van der Waals surface area contributed by atoms with E-state index in [1.165, 1.54) is 26.1 Å². The first-order valence-corrected chi connectivity index (χ1v) is 5.09. The Bertz CT molecular complexity index is 315. The summed E-state index contributed by atoms with van der Waals surface area (Å²) in [6.45, 7) is 4.13. The zero-order valence-electron chi connectivity index (χ0n) is 10.3. The molecule has 96 valence electrons. The van der Waals surface area contributed by atoms with E-state index in [-0.39, 0.29) is 11.6 Å². The quantitative estimate of drug-likeness (QED) is 0.602. The van der Waals surface area contributed by atoms with Crippen LogP contribution in [0.25, 0.3) is 0 Å². The molecule has 1 aromatic carbocycles. The number of carbonyl (C=O) groups excluding carboxylic acids is 1. The molecule has 0 aliphatic heterocycles. The van der Waals surface area contributed by atoms with Crippen molar-refractivity contribution in [1.29, 1.82) is 0 Å². The molecule has 0 aliphatic rings. The minimum atomic E-state index is -0.417. The molecule has 0 fully saturated rings. The topological polar surface area (TPSA) is 98.3 Å². The van der Waals surface area contributed by atoms with Crippen molar-refractivity contribution in [3.05, 3.63) is 40.4 Å². The Balaban J connectivity index is 0. The van der Waals surface area contributed by atoms with E-state index in [9.17, 15) is 14.9 Å². The molecule has 6 nitrogen and oxygen atoms in total. The van der Waals surface area contributed by atoms with Crippen molar-refractivity contribution in [3.63, 3.8) is 0 Å². The summed E-state index contributed by atoms with van der Waals surface area (Å²) in [6, 6.07) is 7.93. The van der Waals surface area contributed by atoms with E-state index < -0.39 is 4.92 Å². The molecule has 0 bridgehead atoms. The Kier molecular flexibility index (Phi) is 12.4. The van der Waals surface area contributed by atoms with Gasteiger partial charge in [-0.2, -0.15) is 0 Å². The highest BCUT2D eigenvalue weighted by molar-refractivity contribution is 5.72. The van der Waals surface area contributed by atoms with Gasteiger partial charge in [-0.15, -0.1) is 0 Å². The number of nitro benzene ring substituents is 1. The standard InChI is InChI=1S/C6H5NO2.C4H9NO.CH5N/c8-7(9)6-4-2-1-3-5-6;1-3-5-4(2)6;1-2/h1-5H;3H2,1-2H3,(H,5,6);2H2,1H3. The van der Waals surface area contributed by atoms with Crippen LogP contribution in [-0.4, -0.2) is 24.4 Å². The highest BCUT2D eigenvalue weighted by atomic mass is 16.6. The summed E-state index contributed by atoms with van der Waals surface area (Å²) in [6.07, 6.45) is 0. The van der Waals surface area contributed by atoms with Gasteiger partial charge in [0.2, 0.25) is 5.91 Å². The minimum absolute atomic E-state index is 0.0394. The lowest BCUT2D eigenvalue weighted by molar-refractivity contribution is -0.384. The number of carbonyl (C=O) groups is 1. The van der Waals surface area contributed by atoms with E-state index in [1.807, 2.05) is 6.92 Å². The van der Waals surface area contributed by atoms with E-state index in [4.69, 9.17) is 0 Å². The van der Waals surface area contributed by atoms with Crippen molar-refractivity contribution in [2.45, 2.75) is 13.8 Å². The summed E-state index contributed by atoms with van der Waals surface area (Å²) < 4.78 is 0. The number of nitrogens with two attached hydrogens (primary N) is 1. The summed E-state index contributed by atoms with van der Waals surface area (Å²) in [4.78, 5) is 19.5. The van der Waals surface area contributed by atoms with Gasteiger partial charge in [-0.05, 0) is 14.0 Å². The molecule has 17 heavy (non-hydrogen) atoms. The van der Waals surface area contributed by atoms with E-state index in [1.54, 1.807) is 18.2 Å². The van der Waals surface area contributed by atoms with Crippen molar-refractivity contribution in [2.75, 3.05) is 13.6 Å². The van der Waals surface area contributed by atoms with Gasteiger partial charge in [0.05, 0.1) is 4.92 Å². The molecular weight excluding hydrogens is 222 g/mol. The summed E-state index contributed by atoms with van der Waals surface area (Å²) >= 11 is 0. The minimum Gasteiger partial charge on any atom is -0.357 e. The Morgan fingerprint density at radius 2 is 1.82 bits per heavy atom. The lowest BCUT2D eigenvalue weighted by Crippen LogP contribution is -2.18. The number of hydrogen-bond acceptors (Lipinski definition) is 4. The summed E-state index contributed by atoms with van der Waals surface area (Å²) in [5.74, 6) is 0.0394. The first-order chi connectivity index (χ1) is 8.07. The lowest BCUT2D eigenvalue weighted by Gasteiger charge is -1.88. The van der Waals surface area contributed by atoms with Crippen molar-refractivity contribution in [2.24, 2.45) is 5.73 Å². The van der Waals surface area contributed by atoms with Crippen LogP contribution in [0.15, 0.2) is 30.3 Å². The summed E-state index contributed by atoms with van der Waals surface area (Å²) in [5.41, 5.74) is 4.64. The molecule has 0 radical (unpaired) electrons. The van der Waals surface area contributed by atoms with Crippen LogP contribution in [0.1, 0.15) is 13.8 Å². The average molecular weight is 241 g/mol. The van der Waals surface area contributed by atoms with Crippen LogP contribution in [0, 0.1) is 10.1 Å². The van der Waals surface area contributed by atoms with Crippen molar-refractivity contribution in [1.82, 2.24) is 5.32 Å². The molecule has 0 unspecified atom stereocenters. The van der Waals surface area contributed by atoms with E-state index in [0.717, 1.165) is 6.54 Å². The fourth-order valence-corrected chi connectivity index (χ4v) is 0.799. The third kappa shape index (κ3) is 12.0. The molecular formula is C11H19N3O3. The smallest absolute Gasteiger partial charge is 0.269 e. The molecule has 1 amide bonds. The second-order valence-electron chi connectivity index (χ2n) is 2.68. The molecule has 0 spiro atoms. The number of non-ortho nitro benzene ring substituents is 1. The lowest BCUT2D eigenvalue weighted by atomic mass is 10.3. The fraction of sp³-hybridized carbons (Fsp3) is 0.364. The number of benzene rings is 1. The highest BCUT2D eigenvalue weighted by Gasteiger charge is 1.98. The molecule has 6 heteroatoms. The average Bonchev–Trinajstić information content (AvgIpc) is 2.33. The number of amides is 1. The van der Waals surface area contributed by atoms with Gasteiger partial charge in [0.25, 0.3) is 5.69 Å². The molecule has 3 N–H and O–H groups in total. The van der Waals surface area contributed by atoms with E-state index in [2.05, 4.69) is 11.1 Å². The molecule has 0 saturated heterocycles. The molecule has 0 heterocycles. The maximum atomic E-state index is 10.0. The number of para-hydroxylation sites is 1. The van der Waals surface area contributed by atoms with Gasteiger partial charge >= 0.3 is 0 Å². The third-order valence-electron chi connectivity index (χ3n) is 1.39. The molecule has 0 aliphatic carbocycles. The first kappa shape index (κ1) is 17.4. The molecule has 1 rings (SSSR count). The SMILES string of the molecule is CCNC(C)=O.CN.O=[N+]([O-])c1ccccc1. The van der Waals surface area contributed by atoms with Crippen LogP contribution in [-0.2, 0) is 4.79 Å². The van der Waals surface area contributed by atoms with E-state index >= 15 is 0 Å². The maximum Gasteiger partial charge on any atom is 0.269 e. The Morgan fingerprint density at radius 3 is 2.00 bits per heavy atom. The van der Waals surface area contributed by atoms with Crippen LogP contribution in [0.4, 0.5) is 5.69 Å². The van der Waals surface area contributed by atoms with Gasteiger partial charge in [0.1, 0.15) is 0 Å². The van der Waals surface area contributed by atoms with Gasteiger partial charge in [-0.3, -0.25) is 14.9 Å². The fourth-order valence-electron chi connectivity index (χ4n) is 0.799. The zero-order valence-corrected chi connectivity index (χ0v) is 10.3. The molecule has 0 atom stereocenters. The van der Waals surface area contributed by atoms with Crippen LogP contribution in [0.2, 0.25) is 0 Å². The van der Waals surface area contributed by atoms with Crippen LogP contribution < -0.4 is 11.1 Å². The molecule has 0 aromatic heterocycles. The van der Waals surface area contributed by atoms with E-state index in [0.29, 0.717) is 0 Å². The largest absolute Gasteiger partial charge is 0.357 e. The monoisotopic (exact) mass is 241 g/mol. The van der Waals surface area contributed by atoms with Crippen LogP contribution in [0.5, 0.6) is 0 Å². The Hall–Kier alpha value is -1.95. The number of rotatable bonds is 2. The van der Waals surface area contributed by atoms with Gasteiger partial charge in [0.15, 0.2) is 0 Å². The predicted octanol–water partition coefficient (Wildman–Crippen LogP) is 1.31. The summed E-state index contributed by atoms with van der Waals surface area (Å²) in [5, 5.41) is 12.6. The van der Waals surface area contributed by atoms with Gasteiger partial charge < -0.3 is 11.1 Å². The third-order valence-corrected chi connectivity index (χ3v) is 1.39. The number of nitro groups is 1. The summed E-state index contributed by atoms with van der Waals surface area (Å²) in [7, 11) is 1.50. The molecule has 1 aromatic rings. The Morgan fingerprint density at radius 1 is 1.35 bits per heavy atom. The molecule has 0 saturated carbocycles. The maximum absolute atomic E-state index is 10.0. The number of nitrogens with zero attached hydrogens (tertiary/aromatic N) is 1. The van der Waals surface area contributed by atoms with Crippen LogP contribution >= 0.6 is 0 Å². The van der Waals surface area contributed by atoms with Crippen LogP contribution in [0.3, 0.4) is 0 Å². The second-order valence-corrected chi connectivity index (χ2v) is 2.68. The normalized spacial score (nSPS) is 7.76. The number of hydrogen-bond donors (Lipinski definition) is 2. The van der Waals surface area contributed by atoms with Crippen molar-refractivity contribution in [3.8, 4) is 0 Å². The van der Waals surface area contributed by atoms with Crippen molar-refractivity contribution < 1.29 is 9.72 Å². The highest BCUT2D eigenvalue weighted by Crippen LogP contribution is 2.06. The van der Waals surface area contributed by atoms with Gasteiger partial charge in [0, 0.05) is 25.6 Å². The number of nitrogens with one attached hydrogen (secondary N) is 1. The first-order valence-electron chi connectivity index (χ1n) is 5.09. The Labute approximate surface area is 101 Å². The predicted molar refractivity (Wildman–Crippen MR) is 67.6 cm³/mol.